The summed E-state index contributed by atoms with van der Waals surface area (Å²) in [4.78, 5) is 2.33. The van der Waals surface area contributed by atoms with E-state index in [0.29, 0.717) is 0 Å². The van der Waals surface area contributed by atoms with Crippen molar-refractivity contribution in [2.45, 2.75) is 13.5 Å². The van der Waals surface area contributed by atoms with Gasteiger partial charge in [0.2, 0.25) is 0 Å². The Kier molecular flexibility index (Phi) is 4.17. The van der Waals surface area contributed by atoms with E-state index in [1.54, 1.807) is 0 Å². The molecule has 0 fully saturated rings. The summed E-state index contributed by atoms with van der Waals surface area (Å²) in [5, 5.41) is 0. The minimum absolute atomic E-state index is 1.09. The zero-order valence-corrected chi connectivity index (χ0v) is 11.1. The summed E-state index contributed by atoms with van der Waals surface area (Å²) in [7, 11) is 2.16. The molecule has 0 heterocycles. The normalized spacial score (nSPS) is 10.7. The first-order chi connectivity index (χ1) is 5.74. The molecule has 0 saturated carbocycles. The second kappa shape index (κ2) is 4.94. The van der Waals surface area contributed by atoms with Gasteiger partial charge in [0.15, 0.2) is 0 Å². The van der Waals surface area contributed by atoms with Crippen LogP contribution in [0, 0.1) is 0 Å². The van der Waals surface area contributed by atoms with Gasteiger partial charge in [0.25, 0.3) is 0 Å². The Morgan fingerprint density at radius 2 is 2.00 bits per heavy atom. The summed E-state index contributed by atoms with van der Waals surface area (Å²) < 4.78 is 1.50. The average molecular weight is 357 g/mol. The van der Waals surface area contributed by atoms with Gasteiger partial charge in [-0.3, -0.25) is 0 Å². The number of benzene rings is 1. The zero-order chi connectivity index (χ0) is 8.97. The van der Waals surface area contributed by atoms with E-state index in [-0.39, 0.29) is 0 Å². The van der Waals surface area contributed by atoms with E-state index >= 15 is 0 Å². The Morgan fingerprint density at radius 3 is 2.58 bits per heavy atom. The molecule has 64 valence electrons. The second-order valence-electron chi connectivity index (χ2n) is 2.96. The van der Waals surface area contributed by atoms with E-state index < -0.39 is 0 Å². The second-order valence-corrected chi connectivity index (χ2v) is 4.83. The molecule has 0 aliphatic rings. The molecule has 2 heteroatoms. The number of hydrogen-bond acceptors (Lipinski definition) is 1. The van der Waals surface area contributed by atoms with Gasteiger partial charge < -0.3 is 0 Å². The molecule has 0 atom stereocenters. The average Bonchev–Trinajstić information content (AvgIpc) is 2.09. The van der Waals surface area contributed by atoms with Crippen molar-refractivity contribution in [2.24, 2.45) is 0 Å². The van der Waals surface area contributed by atoms with E-state index in [4.69, 9.17) is 0 Å². The van der Waals surface area contributed by atoms with Gasteiger partial charge in [-0.05, 0) is 0 Å². The van der Waals surface area contributed by atoms with Crippen LogP contribution in [0.1, 0.15) is 12.5 Å². The van der Waals surface area contributed by atoms with E-state index in [9.17, 15) is 0 Å². The van der Waals surface area contributed by atoms with Crippen LogP contribution in [0.5, 0.6) is 0 Å². The molecule has 1 rings (SSSR count). The Hall–Kier alpha value is 0.0631. The molecule has 2 radical (unpaired) electrons. The maximum atomic E-state index is 2.33. The number of rotatable bonds is 3. The predicted molar refractivity (Wildman–Crippen MR) is 53.8 cm³/mol. The van der Waals surface area contributed by atoms with Crippen molar-refractivity contribution in [2.75, 3.05) is 13.6 Å². The molecule has 0 aliphatic heterocycles. The fraction of sp³-hybridized carbons (Fsp3) is 0.400. The van der Waals surface area contributed by atoms with E-state index in [0.717, 1.165) is 13.1 Å². The van der Waals surface area contributed by atoms with Gasteiger partial charge in [-0.15, -0.1) is 0 Å². The van der Waals surface area contributed by atoms with Crippen LogP contribution in [0.15, 0.2) is 24.3 Å². The molecule has 0 aliphatic carbocycles. The fourth-order valence-corrected chi connectivity index (χ4v) is 1.95. The molecular weight excluding hydrogens is 343 g/mol. The van der Waals surface area contributed by atoms with Crippen molar-refractivity contribution < 1.29 is 0 Å². The van der Waals surface area contributed by atoms with Crippen LogP contribution in [0.3, 0.4) is 0 Å². The summed E-state index contributed by atoms with van der Waals surface area (Å²) in [6.07, 6.45) is 0. The Bertz CT molecular complexity index is 247. The minimum atomic E-state index is 1.09. The number of nitrogens with zero attached hydrogens (tertiary/aromatic N) is 1. The van der Waals surface area contributed by atoms with Gasteiger partial charge in [-0.1, -0.05) is 0 Å². The molecule has 0 N–H and O–H groups in total. The molecular formula is C10H14BiN. The monoisotopic (exact) mass is 357 g/mol. The van der Waals surface area contributed by atoms with E-state index in [1.807, 2.05) is 0 Å². The molecule has 1 nitrogen and oxygen atoms in total. The molecule has 0 spiro atoms. The van der Waals surface area contributed by atoms with Crippen molar-refractivity contribution in [3.05, 3.63) is 29.8 Å². The summed E-state index contributed by atoms with van der Waals surface area (Å²) in [5.74, 6) is 0. The topological polar surface area (TPSA) is 3.24 Å². The van der Waals surface area contributed by atoms with Crippen molar-refractivity contribution >= 4 is 28.0 Å². The van der Waals surface area contributed by atoms with Gasteiger partial charge in [-0.25, -0.2) is 0 Å². The third-order valence-electron chi connectivity index (χ3n) is 1.97. The van der Waals surface area contributed by atoms with Gasteiger partial charge in [0, 0.05) is 0 Å². The summed E-state index contributed by atoms with van der Waals surface area (Å²) in [5.41, 5.74) is 1.48. The third kappa shape index (κ3) is 2.84. The van der Waals surface area contributed by atoms with Crippen LogP contribution in [0.2, 0.25) is 0 Å². The zero-order valence-electron chi connectivity index (χ0n) is 7.62. The number of hydrogen-bond donors (Lipinski definition) is 0. The van der Waals surface area contributed by atoms with Gasteiger partial charge in [0.05, 0.1) is 0 Å². The maximum absolute atomic E-state index is 2.33. The van der Waals surface area contributed by atoms with Gasteiger partial charge >= 0.3 is 89.8 Å². The standard InChI is InChI=1S/C10H14N.Bi/c1-3-11(2)9-10-7-5-4-6-8-10;/h4-7H,3,9H2,1-2H3;. The van der Waals surface area contributed by atoms with Gasteiger partial charge in [-0.2, -0.15) is 0 Å². The van der Waals surface area contributed by atoms with E-state index in [1.165, 1.54) is 33.6 Å². The van der Waals surface area contributed by atoms with E-state index in [2.05, 4.69) is 43.1 Å². The molecule has 0 unspecified atom stereocenters. The Labute approximate surface area is 89.6 Å². The molecule has 12 heavy (non-hydrogen) atoms. The summed E-state index contributed by atoms with van der Waals surface area (Å²) in [6.45, 7) is 4.39. The van der Waals surface area contributed by atoms with Crippen LogP contribution in [0.4, 0.5) is 0 Å². The van der Waals surface area contributed by atoms with Crippen molar-refractivity contribution in [3.63, 3.8) is 0 Å². The third-order valence-corrected chi connectivity index (χ3v) is 3.67. The fourth-order valence-electron chi connectivity index (χ4n) is 1.05. The predicted octanol–water partition coefficient (Wildman–Crippen LogP) is 0.932. The molecule has 0 bridgehead atoms. The molecule has 0 saturated heterocycles. The first-order valence-corrected chi connectivity index (χ1v) is 5.93. The van der Waals surface area contributed by atoms with Crippen LogP contribution in [0.25, 0.3) is 0 Å². The first kappa shape index (κ1) is 10.1. The van der Waals surface area contributed by atoms with Crippen LogP contribution in [-0.2, 0) is 6.54 Å². The van der Waals surface area contributed by atoms with Crippen molar-refractivity contribution in [1.29, 1.82) is 0 Å². The van der Waals surface area contributed by atoms with Gasteiger partial charge in [0.1, 0.15) is 0 Å². The van der Waals surface area contributed by atoms with Crippen LogP contribution in [-0.4, -0.2) is 43.2 Å². The molecule has 0 amide bonds. The van der Waals surface area contributed by atoms with Crippen molar-refractivity contribution in [3.8, 4) is 0 Å². The Balaban J connectivity index is 2.69. The quantitative estimate of drug-likeness (QED) is 0.728. The Morgan fingerprint density at radius 1 is 1.33 bits per heavy atom. The van der Waals surface area contributed by atoms with Crippen molar-refractivity contribution in [1.82, 2.24) is 4.90 Å². The summed E-state index contributed by atoms with van der Waals surface area (Å²) >= 11 is 1.36. The first-order valence-electron chi connectivity index (χ1n) is 4.19. The SMILES string of the molecule is CCN(C)Cc1cccc[c]1[Bi]. The van der Waals surface area contributed by atoms with Crippen LogP contribution >= 0.6 is 0 Å². The molecule has 1 aromatic rings. The molecule has 1 aromatic carbocycles. The van der Waals surface area contributed by atoms with Crippen LogP contribution < -0.4 is 3.27 Å². The summed E-state index contributed by atoms with van der Waals surface area (Å²) in [6, 6.07) is 8.68. The molecule has 0 aromatic heterocycles.